The molecule has 1 unspecified atom stereocenters. The number of benzene rings is 1. The molecule has 3 amide bonds. The van der Waals surface area contributed by atoms with Crippen molar-refractivity contribution in [1.29, 1.82) is 0 Å². The fourth-order valence-corrected chi connectivity index (χ4v) is 4.93. The van der Waals surface area contributed by atoms with Gasteiger partial charge < -0.3 is 5.32 Å². The summed E-state index contributed by atoms with van der Waals surface area (Å²) in [6.45, 7) is 0.748. The van der Waals surface area contributed by atoms with Gasteiger partial charge in [-0.3, -0.25) is 29.6 Å². The number of aromatic nitrogens is 1. The monoisotopic (exact) mass is 453 g/mol. The molecule has 2 aromatic rings. The predicted molar refractivity (Wildman–Crippen MR) is 121 cm³/mol. The van der Waals surface area contributed by atoms with Gasteiger partial charge in [-0.15, -0.1) is 0 Å². The van der Waals surface area contributed by atoms with Crippen LogP contribution in [0.4, 0.5) is 0 Å². The van der Waals surface area contributed by atoms with Crippen LogP contribution in [0.15, 0.2) is 36.5 Å². The molecule has 2 aliphatic rings. The highest BCUT2D eigenvalue weighted by Crippen LogP contribution is 2.31. The van der Waals surface area contributed by atoms with E-state index in [0.29, 0.717) is 43.3 Å². The maximum atomic E-state index is 13.3. The number of fused-ring (bicyclic) bond motifs is 1. The standard InChI is InChI=1S/C24H31N5O4/c30-16-28(33)15-20(11-17-5-1-2-6-17)24(32)29-22(9-10-27-29)23(31)26-14-18-12-19-7-3-4-8-21(19)25-13-18/h3-4,7-8,12-13,16-17,20,22,27,33H,1-2,5-6,9-11,14-15H2,(H,26,31)/t20?,22-/m0/s1. The van der Waals surface area contributed by atoms with Gasteiger partial charge in [-0.2, -0.15) is 0 Å². The van der Waals surface area contributed by atoms with Crippen LogP contribution in [0.1, 0.15) is 44.1 Å². The molecule has 0 spiro atoms. The number of rotatable bonds is 9. The molecule has 1 saturated carbocycles. The van der Waals surface area contributed by atoms with Crippen molar-refractivity contribution in [1.82, 2.24) is 25.8 Å². The second-order valence-electron chi connectivity index (χ2n) is 8.99. The summed E-state index contributed by atoms with van der Waals surface area (Å²) in [7, 11) is 0. The number of carbonyl (C=O) groups excluding carboxylic acids is 3. The molecule has 0 bridgehead atoms. The van der Waals surface area contributed by atoms with Crippen LogP contribution >= 0.6 is 0 Å². The number of carbonyl (C=O) groups is 3. The third-order valence-electron chi connectivity index (χ3n) is 6.64. The van der Waals surface area contributed by atoms with Crippen molar-refractivity contribution in [2.45, 2.75) is 51.1 Å². The maximum Gasteiger partial charge on any atom is 0.244 e. The summed E-state index contributed by atoms with van der Waals surface area (Å²) in [5, 5.41) is 15.6. The zero-order valence-electron chi connectivity index (χ0n) is 18.7. The first-order valence-corrected chi connectivity index (χ1v) is 11.6. The molecule has 4 rings (SSSR count). The summed E-state index contributed by atoms with van der Waals surface area (Å²) in [5.41, 5.74) is 4.80. The van der Waals surface area contributed by atoms with Crippen molar-refractivity contribution in [3.63, 3.8) is 0 Å². The molecule has 9 nitrogen and oxygen atoms in total. The first-order chi connectivity index (χ1) is 16.0. The van der Waals surface area contributed by atoms with Gasteiger partial charge in [0.2, 0.25) is 18.2 Å². The lowest BCUT2D eigenvalue weighted by Gasteiger charge is -2.30. The molecule has 1 aromatic carbocycles. The Hall–Kier alpha value is -3.04. The summed E-state index contributed by atoms with van der Waals surface area (Å²) in [4.78, 5) is 41.7. The molecule has 1 aromatic heterocycles. The Balaban J connectivity index is 1.40. The minimum atomic E-state index is -0.639. The van der Waals surface area contributed by atoms with Gasteiger partial charge >= 0.3 is 0 Å². The smallest absolute Gasteiger partial charge is 0.244 e. The lowest BCUT2D eigenvalue weighted by Crippen LogP contribution is -2.53. The normalized spacial score (nSPS) is 19.5. The number of nitrogens with one attached hydrogen (secondary N) is 2. The second kappa shape index (κ2) is 10.7. The van der Waals surface area contributed by atoms with E-state index in [1.807, 2.05) is 30.3 Å². The average Bonchev–Trinajstić information content (AvgIpc) is 3.53. The van der Waals surface area contributed by atoms with Crippen LogP contribution in [-0.4, -0.2) is 57.6 Å². The lowest BCUT2D eigenvalue weighted by molar-refractivity contribution is -0.159. The zero-order chi connectivity index (χ0) is 23.2. The highest BCUT2D eigenvalue weighted by molar-refractivity contribution is 5.89. The van der Waals surface area contributed by atoms with E-state index in [-0.39, 0.29) is 18.4 Å². The van der Waals surface area contributed by atoms with Crippen molar-refractivity contribution < 1.29 is 19.6 Å². The van der Waals surface area contributed by atoms with E-state index >= 15 is 0 Å². The van der Waals surface area contributed by atoms with Gasteiger partial charge in [0.15, 0.2) is 0 Å². The highest BCUT2D eigenvalue weighted by atomic mass is 16.5. The van der Waals surface area contributed by atoms with Crippen molar-refractivity contribution in [2.75, 3.05) is 13.1 Å². The first kappa shape index (κ1) is 23.1. The number of pyridine rings is 1. The summed E-state index contributed by atoms with van der Waals surface area (Å²) >= 11 is 0. The van der Waals surface area contributed by atoms with E-state index < -0.39 is 12.0 Å². The van der Waals surface area contributed by atoms with E-state index in [1.54, 1.807) is 6.20 Å². The Labute approximate surface area is 193 Å². The van der Waals surface area contributed by atoms with Gasteiger partial charge in [0.05, 0.1) is 18.0 Å². The molecular formula is C24H31N5O4. The summed E-state index contributed by atoms with van der Waals surface area (Å²) in [6.07, 6.45) is 7.52. The van der Waals surface area contributed by atoms with Crippen molar-refractivity contribution in [3.05, 3.63) is 42.1 Å². The van der Waals surface area contributed by atoms with Gasteiger partial charge in [0, 0.05) is 24.7 Å². The SMILES string of the molecule is O=CN(O)CC(CC1CCCC1)C(=O)N1NCC[C@H]1C(=O)NCc1cnc2ccccc2c1. The highest BCUT2D eigenvalue weighted by Gasteiger charge is 2.38. The largest absolute Gasteiger partial charge is 0.350 e. The van der Waals surface area contributed by atoms with Crippen molar-refractivity contribution >= 4 is 29.1 Å². The molecular weight excluding hydrogens is 422 g/mol. The molecule has 0 radical (unpaired) electrons. The average molecular weight is 454 g/mol. The second-order valence-corrected chi connectivity index (χ2v) is 8.99. The maximum absolute atomic E-state index is 13.3. The summed E-state index contributed by atoms with van der Waals surface area (Å²) in [5.74, 6) is -0.659. The van der Waals surface area contributed by atoms with E-state index in [4.69, 9.17) is 0 Å². The van der Waals surface area contributed by atoms with E-state index in [9.17, 15) is 19.6 Å². The summed E-state index contributed by atoms with van der Waals surface area (Å²) in [6, 6.07) is 9.14. The van der Waals surface area contributed by atoms with Gasteiger partial charge in [-0.1, -0.05) is 43.9 Å². The molecule has 1 saturated heterocycles. The third-order valence-corrected chi connectivity index (χ3v) is 6.64. The Bertz CT molecular complexity index is 994. The molecule has 2 atom stereocenters. The minimum absolute atomic E-state index is 0.0753. The number of nitrogens with zero attached hydrogens (tertiary/aromatic N) is 3. The third kappa shape index (κ3) is 5.66. The number of hydrazine groups is 1. The lowest BCUT2D eigenvalue weighted by atomic mass is 9.92. The number of hydrogen-bond donors (Lipinski definition) is 3. The van der Waals surface area contributed by atoms with Crippen LogP contribution < -0.4 is 10.7 Å². The van der Waals surface area contributed by atoms with Crippen LogP contribution in [-0.2, 0) is 20.9 Å². The fraction of sp³-hybridized carbons (Fsp3) is 0.500. The molecule has 2 heterocycles. The van der Waals surface area contributed by atoms with Gasteiger partial charge in [-0.05, 0) is 36.5 Å². The predicted octanol–water partition coefficient (Wildman–Crippen LogP) is 2.00. The number of hydroxylamine groups is 2. The topological polar surface area (TPSA) is 115 Å². The quantitative estimate of drug-likeness (QED) is 0.304. The molecule has 1 aliphatic heterocycles. The van der Waals surface area contributed by atoms with Crippen molar-refractivity contribution in [2.24, 2.45) is 11.8 Å². The Morgan fingerprint density at radius 2 is 2.06 bits per heavy atom. The van der Waals surface area contributed by atoms with Crippen molar-refractivity contribution in [3.8, 4) is 0 Å². The zero-order valence-corrected chi connectivity index (χ0v) is 18.7. The Morgan fingerprint density at radius 1 is 1.27 bits per heavy atom. The molecule has 3 N–H and O–H groups in total. The fourth-order valence-electron chi connectivity index (χ4n) is 4.93. The molecule has 2 fully saturated rings. The van der Waals surface area contributed by atoms with Crippen LogP contribution in [0.5, 0.6) is 0 Å². The van der Waals surface area contributed by atoms with Gasteiger partial charge in [0.25, 0.3) is 0 Å². The van der Waals surface area contributed by atoms with Gasteiger partial charge in [0.1, 0.15) is 6.04 Å². The Morgan fingerprint density at radius 3 is 2.85 bits per heavy atom. The number of hydrogen-bond acceptors (Lipinski definition) is 6. The van der Waals surface area contributed by atoms with E-state index in [0.717, 1.165) is 42.1 Å². The van der Waals surface area contributed by atoms with Crippen LogP contribution in [0, 0.1) is 11.8 Å². The van der Waals surface area contributed by atoms with Gasteiger partial charge in [-0.25, -0.2) is 10.5 Å². The summed E-state index contributed by atoms with van der Waals surface area (Å²) < 4.78 is 0. The number of amides is 3. The Kier molecular flexibility index (Phi) is 7.51. The minimum Gasteiger partial charge on any atom is -0.350 e. The van der Waals surface area contributed by atoms with E-state index in [1.165, 1.54) is 5.01 Å². The molecule has 33 heavy (non-hydrogen) atoms. The molecule has 176 valence electrons. The number of para-hydroxylation sites is 1. The van der Waals surface area contributed by atoms with Crippen LogP contribution in [0.2, 0.25) is 0 Å². The van der Waals surface area contributed by atoms with Crippen LogP contribution in [0.3, 0.4) is 0 Å². The molecule has 9 heteroatoms. The molecule has 1 aliphatic carbocycles. The van der Waals surface area contributed by atoms with E-state index in [2.05, 4.69) is 15.7 Å². The van der Waals surface area contributed by atoms with Crippen LogP contribution in [0.25, 0.3) is 10.9 Å². The first-order valence-electron chi connectivity index (χ1n) is 11.6.